The van der Waals surface area contributed by atoms with Crippen molar-refractivity contribution >= 4 is 11.4 Å². The van der Waals surface area contributed by atoms with E-state index in [1.165, 1.54) is 37.7 Å². The molecule has 0 radical (unpaired) electrons. The second kappa shape index (κ2) is 7.21. The summed E-state index contributed by atoms with van der Waals surface area (Å²) in [5.74, 6) is 0. The Kier molecular flexibility index (Phi) is 5.88. The lowest BCUT2D eigenvalue weighted by atomic mass is 10.1. The third-order valence-corrected chi connectivity index (χ3v) is 3.19. The average molecular weight is 234 g/mol. The van der Waals surface area contributed by atoms with Gasteiger partial charge in [0.25, 0.3) is 0 Å². The molecule has 1 atom stereocenters. The van der Waals surface area contributed by atoms with Gasteiger partial charge in [-0.1, -0.05) is 44.7 Å². The summed E-state index contributed by atoms with van der Waals surface area (Å²) in [6, 6.07) is 6.55. The Morgan fingerprint density at radius 1 is 1.24 bits per heavy atom. The lowest BCUT2D eigenvalue weighted by molar-refractivity contribution is 0.594. The molecule has 96 valence electrons. The summed E-state index contributed by atoms with van der Waals surface area (Å²) in [5, 5.41) is 3.53. The van der Waals surface area contributed by atoms with Crippen molar-refractivity contribution in [2.75, 3.05) is 11.1 Å². The van der Waals surface area contributed by atoms with Crippen LogP contribution in [0.4, 0.5) is 11.4 Å². The number of anilines is 2. The van der Waals surface area contributed by atoms with Gasteiger partial charge in [-0.15, -0.1) is 0 Å². The van der Waals surface area contributed by atoms with E-state index < -0.39 is 0 Å². The maximum atomic E-state index is 5.98. The van der Waals surface area contributed by atoms with Gasteiger partial charge in [0.05, 0.1) is 11.4 Å². The molecule has 0 aliphatic carbocycles. The monoisotopic (exact) mass is 234 g/mol. The average Bonchev–Trinajstić information content (AvgIpc) is 2.30. The number of benzene rings is 1. The Bertz CT molecular complexity index is 313. The maximum Gasteiger partial charge on any atom is 0.0605 e. The molecule has 0 saturated heterocycles. The summed E-state index contributed by atoms with van der Waals surface area (Å²) in [5.41, 5.74) is 9.17. The van der Waals surface area contributed by atoms with E-state index in [1.807, 2.05) is 12.1 Å². The number of para-hydroxylation sites is 1. The standard InChI is InChI=1S/C15H26N2/c1-4-5-6-7-10-13(3)17-15-12(2)9-8-11-14(15)16/h8-9,11,13,17H,4-7,10,16H2,1-3H3. The SMILES string of the molecule is CCCCCCC(C)Nc1c(C)cccc1N. The zero-order valence-corrected chi connectivity index (χ0v) is 11.4. The summed E-state index contributed by atoms with van der Waals surface area (Å²) >= 11 is 0. The van der Waals surface area contributed by atoms with Crippen molar-refractivity contribution in [1.29, 1.82) is 0 Å². The first-order chi connectivity index (χ1) is 8.15. The van der Waals surface area contributed by atoms with E-state index in [1.54, 1.807) is 0 Å². The number of nitrogens with two attached hydrogens (primary N) is 1. The quantitative estimate of drug-likeness (QED) is 0.544. The van der Waals surface area contributed by atoms with Crippen molar-refractivity contribution < 1.29 is 0 Å². The van der Waals surface area contributed by atoms with Crippen molar-refractivity contribution in [1.82, 2.24) is 0 Å². The van der Waals surface area contributed by atoms with E-state index in [2.05, 4.69) is 32.2 Å². The third-order valence-electron chi connectivity index (χ3n) is 3.19. The van der Waals surface area contributed by atoms with Gasteiger partial charge in [-0.05, 0) is 31.9 Å². The van der Waals surface area contributed by atoms with Gasteiger partial charge >= 0.3 is 0 Å². The highest BCUT2D eigenvalue weighted by atomic mass is 14.9. The number of unbranched alkanes of at least 4 members (excludes halogenated alkanes) is 3. The smallest absolute Gasteiger partial charge is 0.0605 e. The molecule has 1 rings (SSSR count). The van der Waals surface area contributed by atoms with Gasteiger partial charge in [-0.2, -0.15) is 0 Å². The zero-order valence-electron chi connectivity index (χ0n) is 11.4. The number of hydrogen-bond acceptors (Lipinski definition) is 2. The summed E-state index contributed by atoms with van der Waals surface area (Å²) < 4.78 is 0. The van der Waals surface area contributed by atoms with E-state index in [0.717, 1.165) is 11.4 Å². The molecule has 0 bridgehead atoms. The van der Waals surface area contributed by atoms with Crippen molar-refractivity contribution in [3.8, 4) is 0 Å². The molecule has 0 aliphatic heterocycles. The Hall–Kier alpha value is -1.18. The van der Waals surface area contributed by atoms with Gasteiger partial charge in [0.2, 0.25) is 0 Å². The fraction of sp³-hybridized carbons (Fsp3) is 0.600. The molecule has 17 heavy (non-hydrogen) atoms. The minimum Gasteiger partial charge on any atom is -0.397 e. The highest BCUT2D eigenvalue weighted by molar-refractivity contribution is 5.70. The highest BCUT2D eigenvalue weighted by Crippen LogP contribution is 2.24. The predicted molar refractivity (Wildman–Crippen MR) is 77.4 cm³/mol. The van der Waals surface area contributed by atoms with Crippen LogP contribution in [0.1, 0.15) is 51.5 Å². The molecule has 0 spiro atoms. The van der Waals surface area contributed by atoms with Crippen LogP contribution >= 0.6 is 0 Å². The number of aryl methyl sites for hydroxylation is 1. The molecular weight excluding hydrogens is 208 g/mol. The minimum absolute atomic E-state index is 0.496. The van der Waals surface area contributed by atoms with Crippen LogP contribution < -0.4 is 11.1 Å². The largest absolute Gasteiger partial charge is 0.397 e. The summed E-state index contributed by atoms with van der Waals surface area (Å²) in [7, 11) is 0. The summed E-state index contributed by atoms with van der Waals surface area (Å²) in [4.78, 5) is 0. The minimum atomic E-state index is 0.496. The van der Waals surface area contributed by atoms with Crippen LogP contribution in [0.2, 0.25) is 0 Å². The highest BCUT2D eigenvalue weighted by Gasteiger charge is 2.06. The summed E-state index contributed by atoms with van der Waals surface area (Å²) in [6.45, 7) is 6.58. The number of hydrogen-bond donors (Lipinski definition) is 2. The Labute approximate surface area is 106 Å². The first-order valence-electron chi connectivity index (χ1n) is 6.76. The van der Waals surface area contributed by atoms with Crippen LogP contribution in [0.5, 0.6) is 0 Å². The third kappa shape index (κ3) is 4.68. The first kappa shape index (κ1) is 13.9. The van der Waals surface area contributed by atoms with Gasteiger partial charge < -0.3 is 11.1 Å². The van der Waals surface area contributed by atoms with E-state index in [9.17, 15) is 0 Å². The van der Waals surface area contributed by atoms with Crippen LogP contribution in [0.15, 0.2) is 18.2 Å². The van der Waals surface area contributed by atoms with Crippen LogP contribution in [-0.4, -0.2) is 6.04 Å². The normalized spacial score (nSPS) is 12.4. The Morgan fingerprint density at radius 2 is 2.00 bits per heavy atom. The van der Waals surface area contributed by atoms with Gasteiger partial charge in [0.15, 0.2) is 0 Å². The van der Waals surface area contributed by atoms with Crippen LogP contribution in [-0.2, 0) is 0 Å². The molecule has 2 nitrogen and oxygen atoms in total. The summed E-state index contributed by atoms with van der Waals surface area (Å²) in [6.07, 6.45) is 6.50. The lowest BCUT2D eigenvalue weighted by Crippen LogP contribution is -2.16. The maximum absolute atomic E-state index is 5.98. The van der Waals surface area contributed by atoms with Gasteiger partial charge in [-0.3, -0.25) is 0 Å². The fourth-order valence-electron chi connectivity index (χ4n) is 2.08. The van der Waals surface area contributed by atoms with Crippen molar-refractivity contribution in [3.63, 3.8) is 0 Å². The lowest BCUT2D eigenvalue weighted by Gasteiger charge is -2.18. The molecule has 1 unspecified atom stereocenters. The van der Waals surface area contributed by atoms with Gasteiger partial charge in [0.1, 0.15) is 0 Å². The molecule has 1 aromatic carbocycles. The molecule has 1 aromatic rings. The van der Waals surface area contributed by atoms with Crippen LogP contribution in [0.3, 0.4) is 0 Å². The Balaban J connectivity index is 2.42. The second-order valence-corrected chi connectivity index (χ2v) is 4.93. The molecule has 3 N–H and O–H groups in total. The topological polar surface area (TPSA) is 38.0 Å². The number of nitrogens with one attached hydrogen (secondary N) is 1. The molecule has 0 aliphatic rings. The van der Waals surface area contributed by atoms with E-state index in [4.69, 9.17) is 5.73 Å². The fourth-order valence-corrected chi connectivity index (χ4v) is 2.08. The molecule has 2 heteroatoms. The van der Waals surface area contributed by atoms with Crippen molar-refractivity contribution in [2.24, 2.45) is 0 Å². The van der Waals surface area contributed by atoms with E-state index in [-0.39, 0.29) is 0 Å². The van der Waals surface area contributed by atoms with Crippen molar-refractivity contribution in [3.05, 3.63) is 23.8 Å². The van der Waals surface area contributed by atoms with Crippen LogP contribution in [0, 0.1) is 6.92 Å². The van der Waals surface area contributed by atoms with Crippen molar-refractivity contribution in [2.45, 2.75) is 58.9 Å². The molecule has 0 heterocycles. The van der Waals surface area contributed by atoms with E-state index in [0.29, 0.717) is 6.04 Å². The van der Waals surface area contributed by atoms with E-state index >= 15 is 0 Å². The Morgan fingerprint density at radius 3 is 2.65 bits per heavy atom. The zero-order chi connectivity index (χ0) is 12.7. The van der Waals surface area contributed by atoms with Gasteiger partial charge in [0, 0.05) is 6.04 Å². The molecule has 0 fully saturated rings. The number of nitrogen functional groups attached to an aromatic ring is 1. The predicted octanol–water partition coefficient (Wildman–Crippen LogP) is 4.35. The number of rotatable bonds is 7. The molecular formula is C15H26N2. The molecule has 0 saturated carbocycles. The van der Waals surface area contributed by atoms with Gasteiger partial charge in [-0.25, -0.2) is 0 Å². The first-order valence-corrected chi connectivity index (χ1v) is 6.76. The molecule has 0 amide bonds. The second-order valence-electron chi connectivity index (χ2n) is 4.93. The van der Waals surface area contributed by atoms with Crippen LogP contribution in [0.25, 0.3) is 0 Å². The molecule has 0 aromatic heterocycles.